The van der Waals surface area contributed by atoms with Gasteiger partial charge in [-0.25, -0.2) is 4.79 Å². The molecular formula is C17H21NO4. The smallest absolute Gasteiger partial charge is 0.335 e. The minimum atomic E-state index is -0.928. The van der Waals surface area contributed by atoms with E-state index in [2.05, 4.69) is 0 Å². The van der Waals surface area contributed by atoms with Crippen LogP contribution < -0.4 is 0 Å². The SMILES string of the molecule is O=C(O)c1ccc(CCC(=O)N2CCO[C@H]3CCC[C@H]32)cc1. The average Bonchev–Trinajstić information content (AvgIpc) is 3.01. The van der Waals surface area contributed by atoms with E-state index in [1.807, 2.05) is 4.90 Å². The first-order chi connectivity index (χ1) is 10.6. The van der Waals surface area contributed by atoms with E-state index in [1.54, 1.807) is 24.3 Å². The first kappa shape index (κ1) is 15.0. The van der Waals surface area contributed by atoms with Crippen molar-refractivity contribution in [2.75, 3.05) is 13.2 Å². The molecule has 1 aliphatic heterocycles. The molecule has 0 bridgehead atoms. The lowest BCUT2D eigenvalue weighted by Gasteiger charge is -2.37. The number of carbonyl (C=O) groups excluding carboxylic acids is 1. The number of carbonyl (C=O) groups is 2. The number of aryl methyl sites for hydroxylation is 1. The zero-order valence-corrected chi connectivity index (χ0v) is 12.5. The summed E-state index contributed by atoms with van der Waals surface area (Å²) in [6.07, 6.45) is 4.58. The quantitative estimate of drug-likeness (QED) is 0.925. The molecule has 3 rings (SSSR count). The fourth-order valence-corrected chi connectivity index (χ4v) is 3.44. The Hall–Kier alpha value is -1.88. The molecule has 1 heterocycles. The fraction of sp³-hybridized carbons (Fsp3) is 0.529. The number of rotatable bonds is 4. The predicted molar refractivity (Wildman–Crippen MR) is 80.8 cm³/mol. The largest absolute Gasteiger partial charge is 0.478 e. The Balaban J connectivity index is 1.56. The molecule has 2 fully saturated rings. The van der Waals surface area contributed by atoms with Crippen LogP contribution in [0.15, 0.2) is 24.3 Å². The molecule has 2 atom stereocenters. The zero-order valence-electron chi connectivity index (χ0n) is 12.5. The highest BCUT2D eigenvalue weighted by molar-refractivity contribution is 5.87. The molecule has 5 heteroatoms. The number of hydrogen-bond acceptors (Lipinski definition) is 3. The van der Waals surface area contributed by atoms with Gasteiger partial charge in [-0.3, -0.25) is 4.79 Å². The van der Waals surface area contributed by atoms with Crippen LogP contribution in [0.1, 0.15) is 41.6 Å². The van der Waals surface area contributed by atoms with Gasteiger partial charge in [0.1, 0.15) is 0 Å². The van der Waals surface area contributed by atoms with Crippen molar-refractivity contribution in [3.05, 3.63) is 35.4 Å². The first-order valence-electron chi connectivity index (χ1n) is 7.88. The average molecular weight is 303 g/mol. The van der Waals surface area contributed by atoms with Gasteiger partial charge in [-0.2, -0.15) is 0 Å². The third-order valence-corrected chi connectivity index (χ3v) is 4.63. The van der Waals surface area contributed by atoms with Crippen LogP contribution in [-0.2, 0) is 16.0 Å². The minimum absolute atomic E-state index is 0.183. The van der Waals surface area contributed by atoms with Crippen molar-refractivity contribution in [2.24, 2.45) is 0 Å². The van der Waals surface area contributed by atoms with Gasteiger partial charge in [0.05, 0.1) is 24.3 Å². The zero-order chi connectivity index (χ0) is 15.5. The van der Waals surface area contributed by atoms with Crippen molar-refractivity contribution >= 4 is 11.9 Å². The van der Waals surface area contributed by atoms with E-state index in [4.69, 9.17) is 9.84 Å². The molecule has 22 heavy (non-hydrogen) atoms. The number of benzene rings is 1. The lowest BCUT2D eigenvalue weighted by atomic mass is 10.1. The van der Waals surface area contributed by atoms with Crippen LogP contribution in [0.3, 0.4) is 0 Å². The second kappa shape index (κ2) is 6.48. The maximum Gasteiger partial charge on any atom is 0.335 e. The van der Waals surface area contributed by atoms with Gasteiger partial charge >= 0.3 is 5.97 Å². The third kappa shape index (κ3) is 3.14. The molecule has 1 amide bonds. The minimum Gasteiger partial charge on any atom is -0.478 e. The molecule has 0 spiro atoms. The molecule has 0 radical (unpaired) electrons. The number of fused-ring (bicyclic) bond motifs is 1. The maximum atomic E-state index is 12.5. The summed E-state index contributed by atoms with van der Waals surface area (Å²) in [5, 5.41) is 8.88. The molecule has 0 unspecified atom stereocenters. The third-order valence-electron chi connectivity index (χ3n) is 4.63. The van der Waals surface area contributed by atoms with Gasteiger partial charge in [-0.05, 0) is 43.4 Å². The number of morpholine rings is 1. The molecule has 2 aliphatic rings. The van der Waals surface area contributed by atoms with Crippen LogP contribution in [0.25, 0.3) is 0 Å². The lowest BCUT2D eigenvalue weighted by Crippen LogP contribution is -2.51. The summed E-state index contributed by atoms with van der Waals surface area (Å²) in [5.41, 5.74) is 1.27. The molecule has 1 saturated heterocycles. The van der Waals surface area contributed by atoms with Crippen molar-refractivity contribution in [3.8, 4) is 0 Å². The second-order valence-corrected chi connectivity index (χ2v) is 6.00. The van der Waals surface area contributed by atoms with Gasteiger partial charge in [0.15, 0.2) is 0 Å². The summed E-state index contributed by atoms with van der Waals surface area (Å²) in [6, 6.07) is 7.01. The molecule has 1 aromatic rings. The van der Waals surface area contributed by atoms with Crippen LogP contribution in [0.5, 0.6) is 0 Å². The van der Waals surface area contributed by atoms with E-state index in [0.717, 1.165) is 24.8 Å². The van der Waals surface area contributed by atoms with Gasteiger partial charge in [0.25, 0.3) is 0 Å². The summed E-state index contributed by atoms with van der Waals surface area (Å²) in [4.78, 5) is 25.3. The van der Waals surface area contributed by atoms with Gasteiger partial charge in [0, 0.05) is 13.0 Å². The van der Waals surface area contributed by atoms with Crippen molar-refractivity contribution in [1.82, 2.24) is 4.90 Å². The fourth-order valence-electron chi connectivity index (χ4n) is 3.44. The van der Waals surface area contributed by atoms with Crippen molar-refractivity contribution in [2.45, 2.75) is 44.2 Å². The summed E-state index contributed by atoms with van der Waals surface area (Å²) < 4.78 is 5.73. The summed E-state index contributed by atoms with van der Waals surface area (Å²) in [7, 11) is 0. The van der Waals surface area contributed by atoms with Crippen molar-refractivity contribution in [1.29, 1.82) is 0 Å². The highest BCUT2D eigenvalue weighted by Crippen LogP contribution is 2.30. The topological polar surface area (TPSA) is 66.8 Å². The van der Waals surface area contributed by atoms with E-state index in [9.17, 15) is 9.59 Å². The molecular weight excluding hydrogens is 282 g/mol. The summed E-state index contributed by atoms with van der Waals surface area (Å²) in [6.45, 7) is 1.33. The Morgan fingerprint density at radius 1 is 1.23 bits per heavy atom. The van der Waals surface area contributed by atoms with Crippen LogP contribution in [0.4, 0.5) is 0 Å². The second-order valence-electron chi connectivity index (χ2n) is 6.00. The number of aromatic carboxylic acids is 1. The van der Waals surface area contributed by atoms with Crippen LogP contribution in [0.2, 0.25) is 0 Å². The Morgan fingerprint density at radius 3 is 2.73 bits per heavy atom. The normalized spacial score (nSPS) is 24.1. The van der Waals surface area contributed by atoms with Gasteiger partial charge in [-0.15, -0.1) is 0 Å². The van der Waals surface area contributed by atoms with Crippen molar-refractivity contribution in [3.63, 3.8) is 0 Å². The highest BCUT2D eigenvalue weighted by Gasteiger charge is 2.37. The van der Waals surface area contributed by atoms with Crippen LogP contribution in [0, 0.1) is 0 Å². The number of hydrogen-bond donors (Lipinski definition) is 1. The monoisotopic (exact) mass is 303 g/mol. The Morgan fingerprint density at radius 2 is 2.00 bits per heavy atom. The van der Waals surface area contributed by atoms with E-state index in [-0.39, 0.29) is 23.6 Å². The number of nitrogens with zero attached hydrogens (tertiary/aromatic N) is 1. The lowest BCUT2D eigenvalue weighted by molar-refractivity contribution is -0.143. The Labute approximate surface area is 129 Å². The van der Waals surface area contributed by atoms with Gasteiger partial charge < -0.3 is 14.7 Å². The molecule has 1 aromatic carbocycles. The van der Waals surface area contributed by atoms with E-state index in [1.165, 1.54) is 0 Å². The molecule has 118 valence electrons. The van der Waals surface area contributed by atoms with E-state index in [0.29, 0.717) is 26.0 Å². The molecule has 5 nitrogen and oxygen atoms in total. The number of carboxylic acid groups (broad SMARTS) is 1. The summed E-state index contributed by atoms with van der Waals surface area (Å²) in [5.74, 6) is -0.745. The van der Waals surface area contributed by atoms with Gasteiger partial charge in [0.2, 0.25) is 5.91 Å². The standard InChI is InChI=1S/C17H21NO4/c19-16(18-10-11-22-15-3-1-2-14(15)18)9-6-12-4-7-13(8-5-12)17(20)21/h4-5,7-8,14-15H,1-3,6,9-11H2,(H,20,21)/t14-,15+/m1/s1. The van der Waals surface area contributed by atoms with Crippen LogP contribution >= 0.6 is 0 Å². The van der Waals surface area contributed by atoms with E-state index >= 15 is 0 Å². The van der Waals surface area contributed by atoms with Crippen LogP contribution in [-0.4, -0.2) is 47.2 Å². The molecule has 0 aromatic heterocycles. The summed E-state index contributed by atoms with van der Waals surface area (Å²) >= 11 is 0. The first-order valence-corrected chi connectivity index (χ1v) is 7.88. The van der Waals surface area contributed by atoms with Gasteiger partial charge in [-0.1, -0.05) is 12.1 Å². The highest BCUT2D eigenvalue weighted by atomic mass is 16.5. The maximum absolute atomic E-state index is 12.5. The van der Waals surface area contributed by atoms with Crippen molar-refractivity contribution < 1.29 is 19.4 Å². The number of ether oxygens (including phenoxy) is 1. The molecule has 1 N–H and O–H groups in total. The molecule has 1 aliphatic carbocycles. The Bertz CT molecular complexity index is 554. The Kier molecular flexibility index (Phi) is 4.43. The molecule has 1 saturated carbocycles. The number of carboxylic acids is 1. The predicted octanol–water partition coefficient (Wildman–Crippen LogP) is 2.10. The van der Waals surface area contributed by atoms with E-state index < -0.39 is 5.97 Å². The number of amides is 1.